The molecule has 320 valence electrons. The summed E-state index contributed by atoms with van der Waals surface area (Å²) in [5.41, 5.74) is 0. The quantitative estimate of drug-likeness (QED) is 0.0695. The van der Waals surface area contributed by atoms with Crippen molar-refractivity contribution < 1.29 is 133 Å². The van der Waals surface area contributed by atoms with E-state index in [9.17, 15) is 124 Å². The Morgan fingerprint density at radius 2 is 0.593 bits per heavy atom. The first-order valence-corrected chi connectivity index (χ1v) is 13.3. The molecule has 0 fully saturated rings. The molecule has 0 spiro atoms. The van der Waals surface area contributed by atoms with Gasteiger partial charge < -0.3 is 9.47 Å². The zero-order valence-corrected chi connectivity index (χ0v) is 25.3. The summed E-state index contributed by atoms with van der Waals surface area (Å²) in [4.78, 5) is 22.8. The standard InChI is InChI=1S/C24H18F26O4/c25-13(26,7-15(29,30)9-17(33,34)19(37,38)21(41,42)23(45,46)47)3-5-53-11(51)1-2-12(52)54-6-4-14(27,28)8-16(31,32)10-18(35,36)20(39,40)22(43,44)24(48,49)50/h1-2H,3-10H2. The third-order valence-electron chi connectivity index (χ3n) is 6.20. The molecule has 0 aromatic heterocycles. The van der Waals surface area contributed by atoms with Crippen LogP contribution in [-0.4, -0.2) is 96.7 Å². The van der Waals surface area contributed by atoms with Crippen molar-refractivity contribution in [2.24, 2.45) is 0 Å². The van der Waals surface area contributed by atoms with Gasteiger partial charge in [0.2, 0.25) is 0 Å². The molecule has 0 aromatic rings. The van der Waals surface area contributed by atoms with Crippen molar-refractivity contribution in [2.45, 2.75) is 110 Å². The third kappa shape index (κ3) is 12.7. The summed E-state index contributed by atoms with van der Waals surface area (Å²) in [6, 6.07) is 0. The van der Waals surface area contributed by atoms with Crippen molar-refractivity contribution in [3.8, 4) is 0 Å². The maximum absolute atomic E-state index is 13.8. The van der Waals surface area contributed by atoms with Gasteiger partial charge in [-0.1, -0.05) is 0 Å². The van der Waals surface area contributed by atoms with Crippen LogP contribution in [0.3, 0.4) is 0 Å². The van der Waals surface area contributed by atoms with Gasteiger partial charge in [-0.15, -0.1) is 0 Å². The van der Waals surface area contributed by atoms with E-state index in [1.165, 1.54) is 0 Å². The molecule has 0 amide bonds. The van der Waals surface area contributed by atoms with E-state index >= 15 is 0 Å². The Balaban J connectivity index is 5.13. The molecule has 54 heavy (non-hydrogen) atoms. The highest BCUT2D eigenvalue weighted by molar-refractivity contribution is 5.91. The molecule has 0 saturated heterocycles. The van der Waals surface area contributed by atoms with Crippen molar-refractivity contribution in [1.82, 2.24) is 0 Å². The Morgan fingerprint density at radius 3 is 0.815 bits per heavy atom. The van der Waals surface area contributed by atoms with Gasteiger partial charge in [-0.3, -0.25) is 0 Å². The number of hydrogen-bond donors (Lipinski definition) is 0. The second-order valence-electron chi connectivity index (χ2n) is 11.0. The van der Waals surface area contributed by atoms with Crippen LogP contribution in [0.1, 0.15) is 38.5 Å². The van der Waals surface area contributed by atoms with Crippen LogP contribution in [0, 0.1) is 0 Å². The molecule has 0 rings (SSSR count). The number of carbonyl (C=O) groups excluding carboxylic acids is 2. The molecular weight excluding hydrogens is 846 g/mol. The Bertz CT molecular complexity index is 1210. The minimum atomic E-state index is -7.62. The van der Waals surface area contributed by atoms with Gasteiger partial charge in [0.25, 0.3) is 23.7 Å². The zero-order chi connectivity index (χ0) is 43.6. The molecule has 0 aliphatic heterocycles. The van der Waals surface area contributed by atoms with Crippen molar-refractivity contribution in [3.05, 3.63) is 12.2 Å². The second-order valence-corrected chi connectivity index (χ2v) is 11.0. The van der Waals surface area contributed by atoms with Gasteiger partial charge >= 0.3 is 59.8 Å². The van der Waals surface area contributed by atoms with E-state index in [0.717, 1.165) is 0 Å². The molecule has 0 aliphatic carbocycles. The lowest BCUT2D eigenvalue weighted by Crippen LogP contribution is -2.62. The monoisotopic (exact) mass is 864 g/mol. The fourth-order valence-corrected chi connectivity index (χ4v) is 3.58. The summed E-state index contributed by atoms with van der Waals surface area (Å²) >= 11 is 0. The van der Waals surface area contributed by atoms with Gasteiger partial charge in [0.15, 0.2) is 0 Å². The Hall–Kier alpha value is -3.14. The number of halogens is 26. The maximum atomic E-state index is 13.8. The van der Waals surface area contributed by atoms with Crippen molar-refractivity contribution in [1.29, 1.82) is 0 Å². The summed E-state index contributed by atoms with van der Waals surface area (Å²) in [5, 5.41) is 0. The van der Waals surface area contributed by atoms with Gasteiger partial charge in [-0.25, -0.2) is 44.7 Å². The van der Waals surface area contributed by atoms with E-state index in [0.29, 0.717) is 0 Å². The lowest BCUT2D eigenvalue weighted by atomic mass is 9.94. The molecule has 0 saturated carbocycles. The first kappa shape index (κ1) is 50.9. The summed E-state index contributed by atoms with van der Waals surface area (Å²) in [7, 11) is 0. The maximum Gasteiger partial charge on any atom is 0.460 e. The topological polar surface area (TPSA) is 52.6 Å². The van der Waals surface area contributed by atoms with Crippen LogP contribution in [0.5, 0.6) is 0 Å². The van der Waals surface area contributed by atoms with Crippen LogP contribution in [0.4, 0.5) is 114 Å². The number of ether oxygens (including phenoxy) is 2. The third-order valence-corrected chi connectivity index (χ3v) is 6.20. The molecule has 0 N–H and O–H groups in total. The van der Waals surface area contributed by atoms with E-state index in [4.69, 9.17) is 0 Å². The fourth-order valence-electron chi connectivity index (χ4n) is 3.58. The van der Waals surface area contributed by atoms with E-state index in [2.05, 4.69) is 9.47 Å². The molecule has 4 nitrogen and oxygen atoms in total. The Kier molecular flexibility index (Phi) is 14.9. The lowest BCUT2D eigenvalue weighted by molar-refractivity contribution is -0.401. The number of esters is 2. The van der Waals surface area contributed by atoms with E-state index in [1.54, 1.807) is 0 Å². The molecule has 0 heterocycles. The average Bonchev–Trinajstić information content (AvgIpc) is 2.87. The largest absolute Gasteiger partial charge is 0.462 e. The van der Waals surface area contributed by atoms with Gasteiger partial charge in [-0.05, 0) is 0 Å². The lowest BCUT2D eigenvalue weighted by Gasteiger charge is -2.35. The average molecular weight is 864 g/mol. The van der Waals surface area contributed by atoms with Crippen LogP contribution in [0.25, 0.3) is 0 Å². The highest BCUT2D eigenvalue weighted by Gasteiger charge is 2.83. The predicted molar refractivity (Wildman–Crippen MR) is 120 cm³/mol. The molecule has 0 radical (unpaired) electrons. The SMILES string of the molecule is O=C(C=CC(=O)OCCC(F)(F)CC(F)(F)CC(F)(F)C(F)(F)C(F)(F)C(F)(F)F)OCCC(F)(F)CC(F)(F)CC(F)(F)C(F)(F)C(F)(F)C(F)(F)F. The number of carbonyl (C=O) groups is 2. The Labute approximate surface area is 281 Å². The number of hydrogen-bond acceptors (Lipinski definition) is 4. The molecule has 0 bridgehead atoms. The number of rotatable bonds is 20. The molecule has 0 atom stereocenters. The first-order valence-electron chi connectivity index (χ1n) is 13.3. The molecule has 0 aromatic carbocycles. The highest BCUT2D eigenvalue weighted by atomic mass is 19.4. The normalized spacial score (nSPS) is 15.5. The van der Waals surface area contributed by atoms with Gasteiger partial charge in [-0.2, -0.15) is 79.0 Å². The number of alkyl halides is 26. The molecule has 0 unspecified atom stereocenters. The van der Waals surface area contributed by atoms with Crippen molar-refractivity contribution in [2.75, 3.05) is 13.2 Å². The van der Waals surface area contributed by atoms with Crippen LogP contribution < -0.4 is 0 Å². The van der Waals surface area contributed by atoms with Crippen LogP contribution in [-0.2, 0) is 19.1 Å². The second kappa shape index (κ2) is 15.8. The Morgan fingerprint density at radius 1 is 0.352 bits per heavy atom. The smallest absolute Gasteiger partial charge is 0.460 e. The minimum absolute atomic E-state index is 0.135. The first-order chi connectivity index (χ1) is 23.3. The van der Waals surface area contributed by atoms with Gasteiger partial charge in [0.1, 0.15) is 0 Å². The highest BCUT2D eigenvalue weighted by Crippen LogP contribution is 2.57. The van der Waals surface area contributed by atoms with E-state index in [-0.39, 0.29) is 12.2 Å². The van der Waals surface area contributed by atoms with Gasteiger partial charge in [0, 0.05) is 25.0 Å². The molecule has 0 aliphatic rings. The van der Waals surface area contributed by atoms with Crippen LogP contribution in [0.15, 0.2) is 12.2 Å². The molecule has 30 heteroatoms. The van der Waals surface area contributed by atoms with Gasteiger partial charge in [0.05, 0.1) is 38.9 Å². The predicted octanol–water partition coefficient (Wildman–Crippen LogP) is 10.4. The summed E-state index contributed by atoms with van der Waals surface area (Å²) < 4.78 is 348. The van der Waals surface area contributed by atoms with Crippen LogP contribution >= 0.6 is 0 Å². The van der Waals surface area contributed by atoms with Crippen LogP contribution in [0.2, 0.25) is 0 Å². The van der Waals surface area contributed by atoms with E-state index < -0.39 is 135 Å². The summed E-state index contributed by atoms with van der Waals surface area (Å²) in [5.74, 6) is -69.8. The molecular formula is C24H18F26O4. The van der Waals surface area contributed by atoms with Crippen molar-refractivity contribution in [3.63, 3.8) is 0 Å². The zero-order valence-electron chi connectivity index (χ0n) is 25.3. The van der Waals surface area contributed by atoms with Crippen molar-refractivity contribution >= 4 is 11.9 Å². The minimum Gasteiger partial charge on any atom is -0.462 e. The summed E-state index contributed by atoms with van der Waals surface area (Å²) in [6.45, 7) is -3.47. The van der Waals surface area contributed by atoms with E-state index in [1.807, 2.05) is 0 Å². The summed E-state index contributed by atoms with van der Waals surface area (Å²) in [6.07, 6.45) is -33.8. The fraction of sp³-hybridized carbons (Fsp3) is 0.833.